The summed E-state index contributed by atoms with van der Waals surface area (Å²) in [6.45, 7) is 1.67. The Hall–Kier alpha value is -1.82. The topological polar surface area (TPSA) is 69.6 Å². The smallest absolute Gasteiger partial charge is 0.317 e. The maximum Gasteiger partial charge on any atom is 0.317 e. The maximum atomic E-state index is 12.1. The lowest BCUT2D eigenvalue weighted by Gasteiger charge is -2.32. The molecule has 2 N–H and O–H groups in total. The summed E-state index contributed by atoms with van der Waals surface area (Å²) in [5.41, 5.74) is 1.07. The first-order valence-electron chi connectivity index (χ1n) is 7.71. The summed E-state index contributed by atoms with van der Waals surface area (Å²) in [4.78, 5) is 24.6. The van der Waals surface area contributed by atoms with E-state index in [1.165, 1.54) is 0 Å². The van der Waals surface area contributed by atoms with Crippen molar-refractivity contribution in [1.29, 1.82) is 0 Å². The van der Waals surface area contributed by atoms with Crippen molar-refractivity contribution in [1.82, 2.24) is 10.2 Å². The van der Waals surface area contributed by atoms with Gasteiger partial charge in [0, 0.05) is 30.5 Å². The van der Waals surface area contributed by atoms with Crippen LogP contribution >= 0.6 is 15.9 Å². The van der Waals surface area contributed by atoms with Gasteiger partial charge in [0.2, 0.25) is 0 Å². The maximum absolute atomic E-state index is 12.1. The normalized spacial score (nSPS) is 18.1. The number of hydrogen-bond acceptors (Lipinski definition) is 2. The molecule has 23 heavy (non-hydrogen) atoms. The molecule has 1 heterocycles. The second kappa shape index (κ2) is 8.72. The van der Waals surface area contributed by atoms with Crippen molar-refractivity contribution < 1.29 is 14.7 Å². The molecular weight excluding hydrogens is 360 g/mol. The highest BCUT2D eigenvalue weighted by Gasteiger charge is 2.24. The van der Waals surface area contributed by atoms with Crippen LogP contribution in [-0.4, -0.2) is 41.6 Å². The Bertz CT molecular complexity index is 572. The van der Waals surface area contributed by atoms with E-state index in [0.717, 1.165) is 22.9 Å². The fourth-order valence-corrected chi connectivity index (χ4v) is 2.95. The van der Waals surface area contributed by atoms with Crippen LogP contribution in [0, 0.1) is 5.92 Å². The van der Waals surface area contributed by atoms with Crippen LogP contribution in [0.1, 0.15) is 24.8 Å². The number of likely N-dealkylation sites (tertiary alicyclic amines) is 1. The zero-order valence-corrected chi connectivity index (χ0v) is 14.5. The molecule has 1 atom stereocenters. The van der Waals surface area contributed by atoms with Gasteiger partial charge < -0.3 is 15.3 Å². The molecule has 1 aliphatic heterocycles. The molecule has 1 aromatic rings. The molecule has 6 heteroatoms. The van der Waals surface area contributed by atoms with Gasteiger partial charge in [0.1, 0.15) is 0 Å². The number of aliphatic carboxylic acids is 1. The molecule has 124 valence electrons. The summed E-state index contributed by atoms with van der Waals surface area (Å²) in [6, 6.07) is 7.79. The van der Waals surface area contributed by atoms with Crippen LogP contribution in [-0.2, 0) is 4.79 Å². The van der Waals surface area contributed by atoms with Crippen molar-refractivity contribution >= 4 is 34.0 Å². The molecule has 2 rings (SSSR count). The third-order valence-electron chi connectivity index (χ3n) is 3.82. The Kier molecular flexibility index (Phi) is 6.65. The molecule has 0 aromatic heterocycles. The standard InChI is InChI=1S/C17H21BrN2O3/c18-15-7-5-13(6-8-15)3-1-9-19-17(23)20-10-2-4-14(12-20)11-16(21)22/h1,3,5-8,14H,2,4,9-12H2,(H,19,23)(H,21,22). The number of carbonyl (C=O) groups excluding carboxylic acids is 1. The molecule has 1 aromatic carbocycles. The lowest BCUT2D eigenvalue weighted by atomic mass is 9.95. The van der Waals surface area contributed by atoms with Crippen LogP contribution in [0.2, 0.25) is 0 Å². The number of piperidine rings is 1. The van der Waals surface area contributed by atoms with Crippen LogP contribution in [0.4, 0.5) is 4.79 Å². The first kappa shape index (κ1) is 17.5. The lowest BCUT2D eigenvalue weighted by Crippen LogP contribution is -2.45. The molecular formula is C17H21BrN2O3. The van der Waals surface area contributed by atoms with Gasteiger partial charge >= 0.3 is 12.0 Å². The number of nitrogens with zero attached hydrogens (tertiary/aromatic N) is 1. The highest BCUT2D eigenvalue weighted by atomic mass is 79.9. The van der Waals surface area contributed by atoms with E-state index < -0.39 is 5.97 Å². The van der Waals surface area contributed by atoms with E-state index in [4.69, 9.17) is 5.11 Å². The molecule has 1 saturated heterocycles. The minimum Gasteiger partial charge on any atom is -0.481 e. The van der Waals surface area contributed by atoms with Crippen LogP contribution in [0.5, 0.6) is 0 Å². The molecule has 5 nitrogen and oxygen atoms in total. The first-order valence-corrected chi connectivity index (χ1v) is 8.50. The Morgan fingerprint density at radius 2 is 2.09 bits per heavy atom. The van der Waals surface area contributed by atoms with Crippen molar-refractivity contribution in [3.63, 3.8) is 0 Å². The zero-order valence-electron chi connectivity index (χ0n) is 12.9. The molecule has 0 aliphatic carbocycles. The third kappa shape index (κ3) is 6.06. The number of carboxylic acids is 1. The number of nitrogens with one attached hydrogen (secondary N) is 1. The number of carbonyl (C=O) groups is 2. The number of hydrogen-bond donors (Lipinski definition) is 2. The predicted molar refractivity (Wildman–Crippen MR) is 93.1 cm³/mol. The van der Waals surface area contributed by atoms with Gasteiger partial charge in [0.25, 0.3) is 0 Å². The SMILES string of the molecule is O=C(O)CC1CCCN(C(=O)NCC=Cc2ccc(Br)cc2)C1. The molecule has 0 spiro atoms. The predicted octanol–water partition coefficient (Wildman–Crippen LogP) is 3.36. The highest BCUT2D eigenvalue weighted by molar-refractivity contribution is 9.10. The summed E-state index contributed by atoms with van der Waals surface area (Å²) in [5.74, 6) is -0.736. The summed E-state index contributed by atoms with van der Waals surface area (Å²) >= 11 is 3.39. The molecule has 2 amide bonds. The van der Waals surface area contributed by atoms with E-state index in [-0.39, 0.29) is 18.4 Å². The molecule has 0 bridgehead atoms. The second-order valence-corrected chi connectivity index (χ2v) is 6.61. The van der Waals surface area contributed by atoms with Gasteiger partial charge in [-0.15, -0.1) is 0 Å². The Morgan fingerprint density at radius 3 is 2.78 bits per heavy atom. The number of urea groups is 1. The van der Waals surface area contributed by atoms with Crippen molar-refractivity contribution in [2.75, 3.05) is 19.6 Å². The van der Waals surface area contributed by atoms with Crippen molar-refractivity contribution in [3.8, 4) is 0 Å². The Balaban J connectivity index is 1.75. The van der Waals surface area contributed by atoms with Crippen LogP contribution in [0.25, 0.3) is 6.08 Å². The molecule has 1 fully saturated rings. The number of rotatable bonds is 5. The summed E-state index contributed by atoms with van der Waals surface area (Å²) < 4.78 is 1.03. The molecule has 0 saturated carbocycles. The molecule has 1 unspecified atom stereocenters. The summed E-state index contributed by atoms with van der Waals surface area (Å²) in [6.07, 6.45) is 5.73. The number of benzene rings is 1. The van der Waals surface area contributed by atoms with Crippen LogP contribution < -0.4 is 5.32 Å². The third-order valence-corrected chi connectivity index (χ3v) is 4.35. The number of amides is 2. The van der Waals surface area contributed by atoms with Crippen molar-refractivity contribution in [2.45, 2.75) is 19.3 Å². The average Bonchev–Trinajstić information content (AvgIpc) is 2.52. The van der Waals surface area contributed by atoms with Crippen molar-refractivity contribution in [2.24, 2.45) is 5.92 Å². The monoisotopic (exact) mass is 380 g/mol. The van der Waals surface area contributed by atoms with E-state index in [0.29, 0.717) is 19.6 Å². The van der Waals surface area contributed by atoms with Gasteiger partial charge in [-0.2, -0.15) is 0 Å². The van der Waals surface area contributed by atoms with Crippen molar-refractivity contribution in [3.05, 3.63) is 40.4 Å². The quantitative estimate of drug-likeness (QED) is 0.822. The first-order chi connectivity index (χ1) is 11.0. The summed E-state index contributed by atoms with van der Waals surface area (Å²) in [7, 11) is 0. The van der Waals surface area contributed by atoms with Gasteiger partial charge in [-0.25, -0.2) is 4.79 Å². The second-order valence-electron chi connectivity index (χ2n) is 5.69. The van der Waals surface area contributed by atoms with E-state index in [9.17, 15) is 9.59 Å². The van der Waals surface area contributed by atoms with E-state index >= 15 is 0 Å². The van der Waals surface area contributed by atoms with Gasteiger partial charge in [0.05, 0.1) is 0 Å². The largest absolute Gasteiger partial charge is 0.481 e. The fraction of sp³-hybridized carbons (Fsp3) is 0.412. The van der Waals surface area contributed by atoms with Crippen LogP contribution in [0.15, 0.2) is 34.8 Å². The highest BCUT2D eigenvalue weighted by Crippen LogP contribution is 2.19. The Labute approximate surface area is 144 Å². The minimum absolute atomic E-state index is 0.0605. The molecule has 0 radical (unpaired) electrons. The summed E-state index contributed by atoms with van der Waals surface area (Å²) in [5, 5.41) is 11.7. The molecule has 1 aliphatic rings. The van der Waals surface area contributed by atoms with Gasteiger partial charge in [-0.1, -0.05) is 40.2 Å². The van der Waals surface area contributed by atoms with E-state index in [1.54, 1.807) is 4.90 Å². The number of halogens is 1. The van der Waals surface area contributed by atoms with Gasteiger partial charge in [-0.3, -0.25) is 4.79 Å². The fourth-order valence-electron chi connectivity index (χ4n) is 2.69. The Morgan fingerprint density at radius 1 is 1.35 bits per heavy atom. The number of carboxylic acid groups (broad SMARTS) is 1. The van der Waals surface area contributed by atoms with Gasteiger partial charge in [0.15, 0.2) is 0 Å². The average molecular weight is 381 g/mol. The zero-order chi connectivity index (χ0) is 16.7. The van der Waals surface area contributed by atoms with Gasteiger partial charge in [-0.05, 0) is 36.5 Å². The van der Waals surface area contributed by atoms with E-state index in [1.807, 2.05) is 36.4 Å². The van der Waals surface area contributed by atoms with E-state index in [2.05, 4.69) is 21.2 Å². The minimum atomic E-state index is -0.797. The van der Waals surface area contributed by atoms with Crippen LogP contribution in [0.3, 0.4) is 0 Å². The lowest BCUT2D eigenvalue weighted by molar-refractivity contribution is -0.138.